The highest BCUT2D eigenvalue weighted by Crippen LogP contribution is 2.34. The average molecular weight is 348 g/mol. The van der Waals surface area contributed by atoms with Gasteiger partial charge in [-0.05, 0) is 23.3 Å². The number of carboxylic acids is 1. The summed E-state index contributed by atoms with van der Waals surface area (Å²) < 4.78 is 5.18. The van der Waals surface area contributed by atoms with Gasteiger partial charge in [-0.15, -0.1) is 12.4 Å². The van der Waals surface area contributed by atoms with Crippen molar-refractivity contribution in [1.82, 2.24) is 4.90 Å². The third-order valence-corrected chi connectivity index (χ3v) is 4.51. The summed E-state index contributed by atoms with van der Waals surface area (Å²) in [6, 6.07) is 17.9. The van der Waals surface area contributed by atoms with Gasteiger partial charge in [-0.2, -0.15) is 0 Å². The summed E-state index contributed by atoms with van der Waals surface area (Å²) in [6.07, 6.45) is 0. The van der Waals surface area contributed by atoms with Crippen molar-refractivity contribution in [2.75, 3.05) is 20.2 Å². The van der Waals surface area contributed by atoms with Crippen LogP contribution in [0.25, 0.3) is 0 Å². The fraction of sp³-hybridized carbons (Fsp3) is 0.316. The van der Waals surface area contributed by atoms with Gasteiger partial charge in [-0.25, -0.2) is 0 Å². The van der Waals surface area contributed by atoms with E-state index in [9.17, 15) is 9.90 Å². The Bertz CT molecular complexity index is 660. The number of hydrogen-bond donors (Lipinski definition) is 1. The van der Waals surface area contributed by atoms with Crippen molar-refractivity contribution < 1.29 is 14.6 Å². The fourth-order valence-electron chi connectivity index (χ4n) is 3.30. The van der Waals surface area contributed by atoms with Crippen LogP contribution in [0, 0.1) is 5.92 Å². The molecule has 5 heteroatoms. The van der Waals surface area contributed by atoms with Crippen LogP contribution in [0.4, 0.5) is 0 Å². The van der Waals surface area contributed by atoms with E-state index in [1.807, 2.05) is 42.5 Å². The van der Waals surface area contributed by atoms with Crippen LogP contribution in [-0.2, 0) is 11.3 Å². The first-order chi connectivity index (χ1) is 11.2. The first-order valence-corrected chi connectivity index (χ1v) is 7.80. The monoisotopic (exact) mass is 347 g/mol. The van der Waals surface area contributed by atoms with Crippen molar-refractivity contribution in [3.05, 3.63) is 65.7 Å². The lowest BCUT2D eigenvalue weighted by molar-refractivity contribution is -0.141. The van der Waals surface area contributed by atoms with Gasteiger partial charge in [-0.1, -0.05) is 42.5 Å². The summed E-state index contributed by atoms with van der Waals surface area (Å²) in [6.45, 7) is 2.14. The van der Waals surface area contributed by atoms with Gasteiger partial charge < -0.3 is 9.84 Å². The zero-order valence-corrected chi connectivity index (χ0v) is 14.4. The normalized spacial score (nSPS) is 20.4. The zero-order valence-electron chi connectivity index (χ0n) is 13.6. The minimum absolute atomic E-state index is 0. The number of aliphatic carboxylic acids is 1. The Hall–Kier alpha value is -2.04. The van der Waals surface area contributed by atoms with Gasteiger partial charge in [0.25, 0.3) is 0 Å². The summed E-state index contributed by atoms with van der Waals surface area (Å²) in [7, 11) is 1.63. The number of carbonyl (C=O) groups is 1. The lowest BCUT2D eigenvalue weighted by atomic mass is 9.89. The highest BCUT2D eigenvalue weighted by atomic mass is 35.5. The van der Waals surface area contributed by atoms with Crippen LogP contribution < -0.4 is 4.74 Å². The van der Waals surface area contributed by atoms with E-state index in [4.69, 9.17) is 4.74 Å². The van der Waals surface area contributed by atoms with Crippen LogP contribution in [0.1, 0.15) is 17.0 Å². The predicted molar refractivity (Wildman–Crippen MR) is 95.8 cm³/mol. The highest BCUT2D eigenvalue weighted by molar-refractivity contribution is 5.85. The summed E-state index contributed by atoms with van der Waals surface area (Å²) in [5, 5.41) is 9.58. The fourth-order valence-corrected chi connectivity index (χ4v) is 3.30. The van der Waals surface area contributed by atoms with Gasteiger partial charge in [0.05, 0.1) is 13.0 Å². The molecule has 4 nitrogen and oxygen atoms in total. The standard InChI is InChI=1S/C19H21NO3.ClH/c1-23-16-9-7-15(8-10-16)17-12-20(13-18(17)19(21)22)11-14-5-3-2-4-6-14;/h2-10,17-18H,11-13H2,1H3,(H,21,22);1H/t17-,18-;/m0./s1. The molecule has 1 heterocycles. The summed E-state index contributed by atoms with van der Waals surface area (Å²) in [5.41, 5.74) is 2.28. The molecule has 2 atom stereocenters. The predicted octanol–water partition coefficient (Wildman–Crippen LogP) is 3.42. The number of benzene rings is 2. The van der Waals surface area contributed by atoms with E-state index in [1.165, 1.54) is 5.56 Å². The van der Waals surface area contributed by atoms with Crippen LogP contribution in [0.3, 0.4) is 0 Å². The molecule has 1 aliphatic rings. The van der Waals surface area contributed by atoms with E-state index >= 15 is 0 Å². The molecule has 1 fully saturated rings. The molecule has 1 N–H and O–H groups in total. The molecule has 1 aliphatic heterocycles. The van der Waals surface area contributed by atoms with Gasteiger partial charge in [0, 0.05) is 25.6 Å². The number of methoxy groups -OCH3 is 1. The summed E-state index contributed by atoms with van der Waals surface area (Å²) >= 11 is 0. The third-order valence-electron chi connectivity index (χ3n) is 4.51. The van der Waals surface area contributed by atoms with Crippen LogP contribution in [0.2, 0.25) is 0 Å². The summed E-state index contributed by atoms with van der Waals surface area (Å²) in [5.74, 6) is -0.282. The Morgan fingerprint density at radius 3 is 2.38 bits per heavy atom. The van der Waals surface area contributed by atoms with E-state index in [2.05, 4.69) is 17.0 Å². The van der Waals surface area contributed by atoms with E-state index in [1.54, 1.807) is 7.11 Å². The molecular formula is C19H22ClNO3. The van der Waals surface area contributed by atoms with Crippen molar-refractivity contribution in [3.8, 4) is 5.75 Å². The molecule has 24 heavy (non-hydrogen) atoms. The molecule has 0 aliphatic carbocycles. The molecule has 0 bridgehead atoms. The van der Waals surface area contributed by atoms with Gasteiger partial charge in [0.2, 0.25) is 0 Å². The molecule has 128 valence electrons. The van der Waals surface area contributed by atoms with Crippen LogP contribution in [-0.4, -0.2) is 36.2 Å². The lowest BCUT2D eigenvalue weighted by Gasteiger charge is -2.16. The molecule has 1 saturated heterocycles. The van der Waals surface area contributed by atoms with E-state index in [-0.39, 0.29) is 24.2 Å². The van der Waals surface area contributed by atoms with Crippen LogP contribution in [0.15, 0.2) is 54.6 Å². The minimum atomic E-state index is -0.721. The first-order valence-electron chi connectivity index (χ1n) is 7.80. The molecule has 0 amide bonds. The first kappa shape index (κ1) is 18.3. The Morgan fingerprint density at radius 2 is 1.79 bits per heavy atom. The zero-order chi connectivity index (χ0) is 16.2. The second-order valence-electron chi connectivity index (χ2n) is 6.00. The highest BCUT2D eigenvalue weighted by Gasteiger charge is 2.38. The SMILES string of the molecule is COc1ccc([C@@H]2CN(Cc3ccccc3)C[C@@H]2C(=O)O)cc1.Cl. The molecular weight excluding hydrogens is 326 g/mol. The number of carboxylic acid groups (broad SMARTS) is 1. The molecule has 0 saturated carbocycles. The maximum atomic E-state index is 11.7. The van der Waals surface area contributed by atoms with Gasteiger partial charge in [0.1, 0.15) is 5.75 Å². The van der Waals surface area contributed by atoms with Gasteiger partial charge >= 0.3 is 5.97 Å². The molecule has 0 unspecified atom stereocenters. The Kier molecular flexibility index (Phi) is 6.23. The lowest BCUT2D eigenvalue weighted by Crippen LogP contribution is -2.23. The Balaban J connectivity index is 0.00000208. The molecule has 0 radical (unpaired) electrons. The van der Waals surface area contributed by atoms with Crippen LogP contribution in [0.5, 0.6) is 5.75 Å². The van der Waals surface area contributed by atoms with Crippen molar-refractivity contribution in [1.29, 1.82) is 0 Å². The number of hydrogen-bond acceptors (Lipinski definition) is 3. The number of halogens is 1. The van der Waals surface area contributed by atoms with E-state index in [0.29, 0.717) is 6.54 Å². The number of rotatable bonds is 5. The second kappa shape index (κ2) is 8.18. The second-order valence-corrected chi connectivity index (χ2v) is 6.00. The quantitative estimate of drug-likeness (QED) is 0.900. The van der Waals surface area contributed by atoms with E-state index in [0.717, 1.165) is 24.4 Å². The molecule has 3 rings (SSSR count). The Morgan fingerprint density at radius 1 is 1.12 bits per heavy atom. The van der Waals surface area contributed by atoms with E-state index < -0.39 is 5.97 Å². The maximum absolute atomic E-state index is 11.7. The topological polar surface area (TPSA) is 49.8 Å². The third kappa shape index (κ3) is 4.08. The molecule has 0 aromatic heterocycles. The smallest absolute Gasteiger partial charge is 0.308 e. The Labute approximate surface area is 148 Å². The molecule has 2 aromatic carbocycles. The minimum Gasteiger partial charge on any atom is -0.497 e. The number of likely N-dealkylation sites (tertiary alicyclic amines) is 1. The van der Waals surface area contributed by atoms with Gasteiger partial charge in [-0.3, -0.25) is 9.69 Å². The maximum Gasteiger partial charge on any atom is 0.308 e. The van der Waals surface area contributed by atoms with Gasteiger partial charge in [0.15, 0.2) is 0 Å². The molecule has 2 aromatic rings. The largest absolute Gasteiger partial charge is 0.497 e. The number of nitrogens with zero attached hydrogens (tertiary/aromatic N) is 1. The summed E-state index contributed by atoms with van der Waals surface area (Å²) in [4.78, 5) is 13.9. The van der Waals surface area contributed by atoms with Crippen molar-refractivity contribution in [2.45, 2.75) is 12.5 Å². The van der Waals surface area contributed by atoms with Crippen molar-refractivity contribution in [2.24, 2.45) is 5.92 Å². The van der Waals surface area contributed by atoms with Crippen LogP contribution >= 0.6 is 12.4 Å². The number of ether oxygens (including phenoxy) is 1. The van der Waals surface area contributed by atoms with Crippen molar-refractivity contribution >= 4 is 18.4 Å². The van der Waals surface area contributed by atoms with Crippen molar-refractivity contribution in [3.63, 3.8) is 0 Å². The average Bonchev–Trinajstić information content (AvgIpc) is 3.00. The molecule has 0 spiro atoms.